The zero-order valence-corrected chi connectivity index (χ0v) is 19.5. The molecule has 2 aliphatic heterocycles. The minimum atomic E-state index is -1.94. The van der Waals surface area contributed by atoms with Crippen molar-refractivity contribution in [3.05, 3.63) is 62.2 Å². The number of hydrogen-bond acceptors (Lipinski definition) is 7. The number of nitrogens with one attached hydrogen (secondary N) is 1. The van der Waals surface area contributed by atoms with Crippen LogP contribution < -0.4 is 10.9 Å². The number of aromatic nitrogens is 2. The molecule has 0 bridgehead atoms. The first-order chi connectivity index (χ1) is 16.2. The predicted molar refractivity (Wildman–Crippen MR) is 125 cm³/mol. The highest BCUT2D eigenvalue weighted by molar-refractivity contribution is 7.81. The van der Waals surface area contributed by atoms with Gasteiger partial charge in [-0.05, 0) is 36.6 Å². The van der Waals surface area contributed by atoms with Gasteiger partial charge in [0, 0.05) is 29.1 Å². The summed E-state index contributed by atoms with van der Waals surface area (Å²) >= 11 is 4.00. The predicted octanol–water partition coefficient (Wildman–Crippen LogP) is 2.07. The van der Waals surface area contributed by atoms with Crippen LogP contribution in [0.1, 0.15) is 41.2 Å². The summed E-state index contributed by atoms with van der Waals surface area (Å²) in [5.41, 5.74) is 1.21. The van der Waals surface area contributed by atoms with Crippen LogP contribution in [-0.4, -0.2) is 32.3 Å². The van der Waals surface area contributed by atoms with E-state index in [2.05, 4.69) is 22.9 Å². The first-order valence-corrected chi connectivity index (χ1v) is 11.5. The summed E-state index contributed by atoms with van der Waals surface area (Å²) in [5.74, 6) is -1.49. The number of thiol groups is 1. The highest BCUT2D eigenvalue weighted by Crippen LogP contribution is 2.40. The van der Waals surface area contributed by atoms with E-state index in [-0.39, 0.29) is 54.5 Å². The number of ether oxygens (including phenoxy) is 1. The Bertz CT molecular complexity index is 1470. The summed E-state index contributed by atoms with van der Waals surface area (Å²) in [7, 11) is 0. The van der Waals surface area contributed by atoms with Crippen molar-refractivity contribution in [3.8, 4) is 11.4 Å². The number of benzene rings is 1. The van der Waals surface area contributed by atoms with E-state index in [0.29, 0.717) is 33.4 Å². The normalized spacial score (nSPS) is 18.3. The molecule has 3 aromatic rings. The van der Waals surface area contributed by atoms with E-state index in [1.54, 1.807) is 26.0 Å². The Labute approximate surface area is 199 Å². The lowest BCUT2D eigenvalue weighted by Gasteiger charge is -2.31. The average Bonchev–Trinajstić information content (AvgIpc) is 3.19. The smallest absolute Gasteiger partial charge is 0.343 e. The molecule has 4 heterocycles. The van der Waals surface area contributed by atoms with Crippen molar-refractivity contribution in [1.82, 2.24) is 14.9 Å². The summed E-state index contributed by atoms with van der Waals surface area (Å²) < 4.78 is 21.0. The topological polar surface area (TPSA) is 111 Å². The van der Waals surface area contributed by atoms with Crippen LogP contribution in [0.25, 0.3) is 22.3 Å². The number of carbonyl (C=O) groups is 2. The van der Waals surface area contributed by atoms with E-state index < -0.39 is 17.4 Å². The summed E-state index contributed by atoms with van der Waals surface area (Å²) in [6, 6.07) is 4.61. The molecule has 0 radical (unpaired) electrons. The van der Waals surface area contributed by atoms with Crippen LogP contribution in [0.4, 0.5) is 4.39 Å². The number of aryl methyl sites for hydroxylation is 1. The number of amides is 1. The van der Waals surface area contributed by atoms with Gasteiger partial charge in [0.05, 0.1) is 34.8 Å². The Kier molecular flexibility index (Phi) is 5.25. The fourth-order valence-corrected chi connectivity index (χ4v) is 4.85. The van der Waals surface area contributed by atoms with Crippen LogP contribution >= 0.6 is 12.6 Å². The Hall–Kier alpha value is -3.24. The van der Waals surface area contributed by atoms with Gasteiger partial charge >= 0.3 is 5.97 Å². The van der Waals surface area contributed by atoms with Gasteiger partial charge < -0.3 is 19.7 Å². The highest BCUT2D eigenvalue weighted by atomic mass is 32.1. The van der Waals surface area contributed by atoms with Crippen LogP contribution in [0.3, 0.4) is 0 Å². The number of rotatable bonds is 4. The molecule has 8 nitrogen and oxygen atoms in total. The number of pyridine rings is 2. The quantitative estimate of drug-likeness (QED) is 0.303. The van der Waals surface area contributed by atoms with Crippen LogP contribution in [0.2, 0.25) is 0 Å². The molecule has 1 amide bonds. The van der Waals surface area contributed by atoms with Crippen molar-refractivity contribution in [3.63, 3.8) is 0 Å². The molecule has 5 rings (SSSR count). The number of hydrogen-bond donors (Lipinski definition) is 3. The Morgan fingerprint density at radius 2 is 2.09 bits per heavy atom. The summed E-state index contributed by atoms with van der Waals surface area (Å²) in [6.45, 7) is 3.38. The van der Waals surface area contributed by atoms with Gasteiger partial charge in [0.2, 0.25) is 5.91 Å². The molecule has 34 heavy (non-hydrogen) atoms. The first kappa shape index (κ1) is 22.5. The SMILES string of the molecule is CC[C@@]1(O)C(=O)OCc2c1cc1n(c2=O)Cc2c-1nc1cc(F)c(C)cc1c2CNC(=O)CS. The van der Waals surface area contributed by atoms with Crippen LogP contribution in [0.5, 0.6) is 0 Å². The average molecular weight is 484 g/mol. The Morgan fingerprint density at radius 3 is 2.79 bits per heavy atom. The largest absolute Gasteiger partial charge is 0.458 e. The van der Waals surface area contributed by atoms with Gasteiger partial charge in [-0.15, -0.1) is 0 Å². The van der Waals surface area contributed by atoms with Gasteiger partial charge in [-0.1, -0.05) is 6.92 Å². The minimum absolute atomic E-state index is 0.00882. The van der Waals surface area contributed by atoms with Gasteiger partial charge in [-0.2, -0.15) is 12.6 Å². The molecule has 2 aliphatic rings. The lowest BCUT2D eigenvalue weighted by molar-refractivity contribution is -0.172. The number of fused-ring (bicyclic) bond motifs is 5. The molecular weight excluding hydrogens is 461 g/mol. The van der Waals surface area contributed by atoms with Gasteiger partial charge in [0.1, 0.15) is 12.4 Å². The maximum atomic E-state index is 14.4. The second kappa shape index (κ2) is 7.92. The van der Waals surface area contributed by atoms with E-state index >= 15 is 0 Å². The van der Waals surface area contributed by atoms with E-state index in [1.807, 2.05) is 0 Å². The molecule has 10 heteroatoms. The molecule has 0 unspecified atom stereocenters. The number of aliphatic hydroxyl groups is 1. The molecule has 176 valence electrons. The van der Waals surface area contributed by atoms with Gasteiger partial charge in [0.25, 0.3) is 5.56 Å². The number of carbonyl (C=O) groups excluding carboxylic acids is 2. The molecule has 1 aromatic carbocycles. The third-order valence-electron chi connectivity index (χ3n) is 6.69. The van der Waals surface area contributed by atoms with Crippen LogP contribution in [0.15, 0.2) is 23.0 Å². The Morgan fingerprint density at radius 1 is 1.32 bits per heavy atom. The standard InChI is InChI=1S/C24H22FN3O5S/c1-3-24(32)16-5-19-21-14(8-28(19)22(30)15(16)9-33-23(24)31)13(7-26-20(29)10-34)12-4-11(2)17(25)6-18(12)27-21/h4-6,32,34H,3,7-10H2,1-2H3,(H,26,29)/t24-/m0/s1. The molecule has 2 aromatic heterocycles. The third-order valence-corrected chi connectivity index (χ3v) is 6.98. The maximum Gasteiger partial charge on any atom is 0.343 e. The number of halogens is 1. The fourth-order valence-electron chi connectivity index (χ4n) is 4.74. The highest BCUT2D eigenvalue weighted by Gasteiger charge is 2.45. The summed E-state index contributed by atoms with van der Waals surface area (Å²) in [6.07, 6.45) is 0.0330. The molecule has 0 saturated heterocycles. The minimum Gasteiger partial charge on any atom is -0.458 e. The van der Waals surface area contributed by atoms with Crippen molar-refractivity contribution < 1.29 is 23.8 Å². The molecule has 0 aliphatic carbocycles. The zero-order valence-electron chi connectivity index (χ0n) is 18.6. The molecule has 1 atom stereocenters. The summed E-state index contributed by atoms with van der Waals surface area (Å²) in [4.78, 5) is 42.4. The van der Waals surface area contributed by atoms with Crippen molar-refractivity contribution in [2.75, 3.05) is 5.75 Å². The van der Waals surface area contributed by atoms with Gasteiger partial charge in [0.15, 0.2) is 5.60 Å². The first-order valence-electron chi connectivity index (χ1n) is 10.9. The van der Waals surface area contributed by atoms with Crippen molar-refractivity contribution in [1.29, 1.82) is 0 Å². The van der Waals surface area contributed by atoms with E-state index in [9.17, 15) is 23.9 Å². The third kappa shape index (κ3) is 3.16. The second-order valence-corrected chi connectivity index (χ2v) is 8.89. The monoisotopic (exact) mass is 483 g/mol. The zero-order chi connectivity index (χ0) is 24.4. The van der Waals surface area contributed by atoms with Crippen molar-refractivity contribution in [2.24, 2.45) is 0 Å². The lowest BCUT2D eigenvalue weighted by atomic mass is 9.86. The molecule has 0 saturated carbocycles. The van der Waals surface area contributed by atoms with Crippen molar-refractivity contribution in [2.45, 2.75) is 45.6 Å². The number of esters is 1. The molecule has 2 N–H and O–H groups in total. The Balaban J connectivity index is 1.78. The molecular formula is C24H22FN3O5S. The fraction of sp³-hybridized carbons (Fsp3) is 0.333. The maximum absolute atomic E-state index is 14.4. The van der Waals surface area contributed by atoms with Crippen molar-refractivity contribution >= 4 is 35.4 Å². The van der Waals surface area contributed by atoms with Gasteiger partial charge in [-0.3, -0.25) is 9.59 Å². The second-order valence-electron chi connectivity index (χ2n) is 8.57. The number of cyclic esters (lactones) is 1. The molecule has 0 spiro atoms. The molecule has 0 fully saturated rings. The van der Waals surface area contributed by atoms with Gasteiger partial charge in [-0.25, -0.2) is 14.2 Å². The lowest BCUT2D eigenvalue weighted by Crippen LogP contribution is -2.44. The van der Waals surface area contributed by atoms with E-state index in [4.69, 9.17) is 4.74 Å². The van der Waals surface area contributed by atoms with Crippen LogP contribution in [0, 0.1) is 12.7 Å². The van der Waals surface area contributed by atoms with Crippen LogP contribution in [-0.2, 0) is 39.6 Å². The van der Waals surface area contributed by atoms with E-state index in [0.717, 1.165) is 5.56 Å². The summed E-state index contributed by atoms with van der Waals surface area (Å²) in [5, 5.41) is 14.5. The van der Waals surface area contributed by atoms with E-state index in [1.165, 1.54) is 10.6 Å². The number of nitrogens with zero attached hydrogens (tertiary/aromatic N) is 2.